The second-order valence-electron chi connectivity index (χ2n) is 9.10. The summed E-state index contributed by atoms with van der Waals surface area (Å²) in [5.74, 6) is 1.05. The van der Waals surface area contributed by atoms with E-state index in [-0.39, 0.29) is 5.91 Å². The molecule has 2 aromatic carbocycles. The Labute approximate surface area is 192 Å². The van der Waals surface area contributed by atoms with E-state index in [1.165, 1.54) is 18.4 Å². The summed E-state index contributed by atoms with van der Waals surface area (Å²) in [4.78, 5) is 16.0. The maximum absolute atomic E-state index is 13.5. The van der Waals surface area contributed by atoms with Gasteiger partial charge in [0.25, 0.3) is 0 Å². The number of likely N-dealkylation sites (N-methyl/N-ethyl adjacent to an activating group) is 1. The van der Waals surface area contributed by atoms with Gasteiger partial charge in [-0.25, -0.2) is 0 Å². The van der Waals surface area contributed by atoms with E-state index < -0.39 is 5.41 Å². The largest absolute Gasteiger partial charge is 0.496 e. The Kier molecular flexibility index (Phi) is 7.48. The molecule has 1 N–H and O–H groups in total. The number of carbonyl (C=O) groups is 1. The smallest absolute Gasteiger partial charge is 0.226 e. The van der Waals surface area contributed by atoms with Crippen molar-refractivity contribution in [3.05, 3.63) is 54.1 Å². The fraction of sp³-hybridized carbons (Fsp3) is 0.519. The van der Waals surface area contributed by atoms with Crippen molar-refractivity contribution >= 4 is 5.91 Å². The summed E-state index contributed by atoms with van der Waals surface area (Å²) in [6.45, 7) is 6.43. The van der Waals surface area contributed by atoms with Gasteiger partial charge in [0, 0.05) is 31.4 Å². The fourth-order valence-corrected chi connectivity index (χ4v) is 5.31. The highest BCUT2D eigenvalue weighted by atomic mass is 16.5. The van der Waals surface area contributed by atoms with Crippen LogP contribution in [0.4, 0.5) is 0 Å². The van der Waals surface area contributed by atoms with Gasteiger partial charge in [-0.1, -0.05) is 49.4 Å². The normalized spacial score (nSPS) is 20.8. The monoisotopic (exact) mass is 436 g/mol. The summed E-state index contributed by atoms with van der Waals surface area (Å²) in [6.07, 6.45) is 4.65. The average Bonchev–Trinajstić information content (AvgIpc) is 3.31. The molecule has 5 nitrogen and oxygen atoms in total. The third-order valence-corrected chi connectivity index (χ3v) is 7.22. The highest BCUT2D eigenvalue weighted by Crippen LogP contribution is 2.37. The van der Waals surface area contributed by atoms with E-state index >= 15 is 0 Å². The van der Waals surface area contributed by atoms with Crippen LogP contribution in [-0.2, 0) is 16.0 Å². The van der Waals surface area contributed by atoms with Gasteiger partial charge < -0.3 is 14.8 Å². The number of hydrogen-bond donors (Lipinski definition) is 1. The summed E-state index contributed by atoms with van der Waals surface area (Å²) in [5.41, 5.74) is 2.96. The molecular weight excluding hydrogens is 400 g/mol. The van der Waals surface area contributed by atoms with Crippen LogP contribution in [0.15, 0.2) is 48.5 Å². The van der Waals surface area contributed by atoms with Gasteiger partial charge in [0.2, 0.25) is 5.91 Å². The first-order chi connectivity index (χ1) is 15.6. The number of carbonyl (C=O) groups excluding carboxylic acids is 1. The van der Waals surface area contributed by atoms with Crippen molar-refractivity contribution in [2.24, 2.45) is 5.41 Å². The number of hydrogen-bond acceptors (Lipinski definition) is 4. The molecule has 0 aliphatic carbocycles. The van der Waals surface area contributed by atoms with Crippen LogP contribution in [0.5, 0.6) is 5.75 Å². The zero-order chi connectivity index (χ0) is 22.4. The summed E-state index contributed by atoms with van der Waals surface area (Å²) in [6, 6.07) is 17.1. The van der Waals surface area contributed by atoms with Crippen molar-refractivity contribution in [1.29, 1.82) is 0 Å². The first-order valence-corrected chi connectivity index (χ1v) is 12.0. The molecule has 0 radical (unpaired) electrons. The maximum atomic E-state index is 13.5. The highest BCUT2D eigenvalue weighted by Gasteiger charge is 2.40. The van der Waals surface area contributed by atoms with Crippen LogP contribution in [0.25, 0.3) is 11.1 Å². The molecule has 0 bridgehead atoms. The summed E-state index contributed by atoms with van der Waals surface area (Å²) in [7, 11) is 1.70. The van der Waals surface area contributed by atoms with Crippen LogP contribution in [0, 0.1) is 5.41 Å². The molecule has 1 amide bonds. The number of methoxy groups -OCH3 is 1. The minimum Gasteiger partial charge on any atom is -0.496 e. The van der Waals surface area contributed by atoms with Crippen LogP contribution in [0.3, 0.4) is 0 Å². The zero-order valence-corrected chi connectivity index (χ0v) is 19.4. The van der Waals surface area contributed by atoms with E-state index in [1.54, 1.807) is 7.11 Å². The van der Waals surface area contributed by atoms with Gasteiger partial charge >= 0.3 is 0 Å². The lowest BCUT2D eigenvalue weighted by Crippen LogP contribution is -2.49. The van der Waals surface area contributed by atoms with Crippen molar-refractivity contribution in [3.63, 3.8) is 0 Å². The van der Waals surface area contributed by atoms with Gasteiger partial charge in [-0.15, -0.1) is 0 Å². The van der Waals surface area contributed by atoms with Crippen molar-refractivity contribution in [1.82, 2.24) is 10.2 Å². The number of para-hydroxylation sites is 1. The predicted molar refractivity (Wildman–Crippen MR) is 128 cm³/mol. The van der Waals surface area contributed by atoms with E-state index in [0.29, 0.717) is 19.3 Å². The Hall–Kier alpha value is -2.37. The Balaban J connectivity index is 1.52. The second kappa shape index (κ2) is 10.5. The van der Waals surface area contributed by atoms with Crippen molar-refractivity contribution in [2.75, 3.05) is 40.0 Å². The fourth-order valence-electron chi connectivity index (χ4n) is 5.31. The number of nitrogens with one attached hydrogen (secondary N) is 1. The molecule has 0 aromatic heterocycles. The molecule has 2 aliphatic rings. The molecule has 0 saturated carbocycles. The van der Waals surface area contributed by atoms with Gasteiger partial charge in [0.05, 0.1) is 12.5 Å². The van der Waals surface area contributed by atoms with E-state index in [9.17, 15) is 4.79 Å². The number of likely N-dealkylation sites (tertiary alicyclic amines) is 1. The molecule has 2 aromatic rings. The number of amides is 1. The lowest BCUT2D eigenvalue weighted by molar-refractivity contribution is -0.136. The molecule has 1 atom stereocenters. The van der Waals surface area contributed by atoms with Crippen LogP contribution in [0.2, 0.25) is 0 Å². The van der Waals surface area contributed by atoms with E-state index in [2.05, 4.69) is 47.5 Å². The Bertz CT molecular complexity index is 907. The van der Waals surface area contributed by atoms with E-state index in [4.69, 9.17) is 9.47 Å². The van der Waals surface area contributed by atoms with E-state index in [0.717, 1.165) is 55.8 Å². The molecule has 32 heavy (non-hydrogen) atoms. The molecule has 2 aliphatic heterocycles. The number of rotatable bonds is 8. The van der Waals surface area contributed by atoms with Gasteiger partial charge in [-0.3, -0.25) is 9.69 Å². The first-order valence-electron chi connectivity index (χ1n) is 12.0. The SMILES string of the molecule is CCN1CCC[C@@H]1CNC(=O)C1(Cc2cccc(-c3ccccc3OC)c2)CCOCC1. The van der Waals surface area contributed by atoms with Crippen molar-refractivity contribution in [2.45, 2.75) is 45.1 Å². The molecule has 172 valence electrons. The molecule has 5 heteroatoms. The highest BCUT2D eigenvalue weighted by molar-refractivity contribution is 5.83. The van der Waals surface area contributed by atoms with Gasteiger partial charge in [0.15, 0.2) is 0 Å². The zero-order valence-electron chi connectivity index (χ0n) is 19.4. The third-order valence-electron chi connectivity index (χ3n) is 7.22. The van der Waals surface area contributed by atoms with Gasteiger partial charge in [-0.2, -0.15) is 0 Å². The molecular formula is C27H36N2O3. The molecule has 4 rings (SSSR count). The van der Waals surface area contributed by atoms with Crippen molar-refractivity contribution < 1.29 is 14.3 Å². The molecule has 2 saturated heterocycles. The number of nitrogens with zero attached hydrogens (tertiary/aromatic N) is 1. The summed E-state index contributed by atoms with van der Waals surface area (Å²) >= 11 is 0. The molecule has 2 heterocycles. The van der Waals surface area contributed by atoms with Crippen LogP contribution < -0.4 is 10.1 Å². The molecule has 0 spiro atoms. The van der Waals surface area contributed by atoms with Gasteiger partial charge in [-0.05, 0) is 62.4 Å². The average molecular weight is 437 g/mol. The number of benzene rings is 2. The molecule has 0 unspecified atom stereocenters. The lowest BCUT2D eigenvalue weighted by Gasteiger charge is -2.36. The van der Waals surface area contributed by atoms with Crippen LogP contribution in [-0.4, -0.2) is 56.8 Å². The predicted octanol–water partition coefficient (Wildman–Crippen LogP) is 4.30. The van der Waals surface area contributed by atoms with Crippen LogP contribution in [0.1, 0.15) is 38.2 Å². The third kappa shape index (κ3) is 5.00. The molecule has 2 fully saturated rings. The minimum atomic E-state index is -0.409. The Morgan fingerprint density at radius 1 is 1.19 bits per heavy atom. The minimum absolute atomic E-state index is 0.187. The topological polar surface area (TPSA) is 50.8 Å². The summed E-state index contributed by atoms with van der Waals surface area (Å²) < 4.78 is 11.2. The Morgan fingerprint density at radius 2 is 2.00 bits per heavy atom. The standard InChI is InChI=1S/C27H36N2O3/c1-3-29-15-7-10-23(29)20-28-26(30)27(13-16-32-17-14-27)19-21-8-6-9-22(18-21)24-11-4-5-12-25(24)31-2/h4-6,8-9,11-12,18,23H,3,7,10,13-17,19-20H2,1-2H3,(H,28,30)/t23-/m1/s1. The second-order valence-corrected chi connectivity index (χ2v) is 9.10. The quantitative estimate of drug-likeness (QED) is 0.670. The summed E-state index contributed by atoms with van der Waals surface area (Å²) in [5, 5.41) is 3.33. The van der Waals surface area contributed by atoms with Crippen LogP contribution >= 0.6 is 0 Å². The maximum Gasteiger partial charge on any atom is 0.226 e. The lowest BCUT2D eigenvalue weighted by atomic mass is 9.74. The number of ether oxygens (including phenoxy) is 2. The van der Waals surface area contributed by atoms with Gasteiger partial charge in [0.1, 0.15) is 5.75 Å². The van der Waals surface area contributed by atoms with Crippen molar-refractivity contribution in [3.8, 4) is 16.9 Å². The first kappa shape index (κ1) is 22.8. The Morgan fingerprint density at radius 3 is 2.78 bits per heavy atom. The van der Waals surface area contributed by atoms with E-state index in [1.807, 2.05) is 18.2 Å².